The van der Waals surface area contributed by atoms with Crippen LogP contribution in [0.25, 0.3) is 0 Å². The summed E-state index contributed by atoms with van der Waals surface area (Å²) in [5.74, 6) is 0. The molecule has 0 amide bonds. The van der Waals surface area contributed by atoms with Gasteiger partial charge in [0.25, 0.3) is 0 Å². The van der Waals surface area contributed by atoms with Gasteiger partial charge in [-0.05, 0) is 19.3 Å². The van der Waals surface area contributed by atoms with Gasteiger partial charge in [0, 0.05) is 0 Å². The molecule has 1 heterocycles. The Morgan fingerprint density at radius 1 is 1.44 bits per heavy atom. The highest BCUT2D eigenvalue weighted by Crippen LogP contribution is 2.16. The minimum atomic E-state index is -0.643. The highest BCUT2D eigenvalue weighted by Gasteiger charge is 2.18. The van der Waals surface area contributed by atoms with Crippen LogP contribution >= 0.6 is 0 Å². The van der Waals surface area contributed by atoms with Crippen molar-refractivity contribution in [3.8, 4) is 0 Å². The molecule has 0 aliphatic carbocycles. The van der Waals surface area contributed by atoms with Crippen LogP contribution in [0.1, 0.15) is 19.3 Å². The molecule has 1 saturated heterocycles. The zero-order valence-electron chi connectivity index (χ0n) is 5.29. The fourth-order valence-electron chi connectivity index (χ4n) is 1.01. The Morgan fingerprint density at radius 3 is 2.67 bits per heavy atom. The Hall–Kier alpha value is -0.120. The summed E-state index contributed by atoms with van der Waals surface area (Å²) >= 11 is 0. The molecule has 0 aromatic carbocycles. The van der Waals surface area contributed by atoms with Gasteiger partial charge < -0.3 is 14.9 Å². The first-order valence-electron chi connectivity index (χ1n) is 3.27. The predicted molar refractivity (Wildman–Crippen MR) is 31.8 cm³/mol. The fraction of sp³-hybridized carbons (Fsp3) is 1.00. The van der Waals surface area contributed by atoms with E-state index in [-0.39, 0.29) is 12.7 Å². The minimum absolute atomic E-state index is 0.0249. The number of hydrogen-bond acceptors (Lipinski definition) is 3. The van der Waals surface area contributed by atoms with E-state index < -0.39 is 6.29 Å². The summed E-state index contributed by atoms with van der Waals surface area (Å²) in [4.78, 5) is 0. The van der Waals surface area contributed by atoms with E-state index in [2.05, 4.69) is 0 Å². The van der Waals surface area contributed by atoms with Crippen LogP contribution in [0.3, 0.4) is 0 Å². The van der Waals surface area contributed by atoms with Crippen molar-refractivity contribution in [2.75, 3.05) is 6.61 Å². The molecule has 1 unspecified atom stereocenters. The summed E-state index contributed by atoms with van der Waals surface area (Å²) in [6.07, 6.45) is 1.75. The molecule has 9 heavy (non-hydrogen) atoms. The van der Waals surface area contributed by atoms with Crippen molar-refractivity contribution < 1.29 is 14.9 Å². The molecule has 1 aliphatic rings. The van der Waals surface area contributed by atoms with Crippen molar-refractivity contribution in [2.45, 2.75) is 31.7 Å². The normalized spacial score (nSPS) is 36.7. The van der Waals surface area contributed by atoms with Crippen LogP contribution in [-0.2, 0) is 4.74 Å². The largest absolute Gasteiger partial charge is 0.394 e. The van der Waals surface area contributed by atoms with Crippen molar-refractivity contribution >= 4 is 0 Å². The zero-order valence-corrected chi connectivity index (χ0v) is 5.29. The molecule has 1 rings (SSSR count). The second kappa shape index (κ2) is 3.15. The van der Waals surface area contributed by atoms with Crippen LogP contribution in [0.15, 0.2) is 0 Å². The highest BCUT2D eigenvalue weighted by atomic mass is 16.6. The SMILES string of the molecule is OC[C@H]1CCCC(O)O1. The van der Waals surface area contributed by atoms with E-state index in [0.29, 0.717) is 6.42 Å². The lowest BCUT2D eigenvalue weighted by Gasteiger charge is -2.24. The standard InChI is InChI=1S/C6H12O3/c7-4-5-2-1-3-6(8)9-5/h5-8H,1-4H2/t5-,6?/m1/s1. The first kappa shape index (κ1) is 6.99. The maximum Gasteiger partial charge on any atom is 0.155 e. The monoisotopic (exact) mass is 132 g/mol. The van der Waals surface area contributed by atoms with Crippen LogP contribution in [0.5, 0.6) is 0 Å². The summed E-state index contributed by atoms with van der Waals surface area (Å²) in [6.45, 7) is 0.0249. The lowest BCUT2D eigenvalue weighted by Crippen LogP contribution is -2.29. The topological polar surface area (TPSA) is 49.7 Å². The van der Waals surface area contributed by atoms with E-state index in [1.807, 2.05) is 0 Å². The molecular formula is C6H12O3. The van der Waals surface area contributed by atoms with Gasteiger partial charge in [0.15, 0.2) is 6.29 Å². The number of aliphatic hydroxyl groups is 2. The fourth-order valence-corrected chi connectivity index (χ4v) is 1.01. The van der Waals surface area contributed by atoms with E-state index in [9.17, 15) is 0 Å². The molecule has 0 aromatic heterocycles. The quantitative estimate of drug-likeness (QED) is 0.522. The molecule has 3 nitrogen and oxygen atoms in total. The van der Waals surface area contributed by atoms with Gasteiger partial charge in [-0.15, -0.1) is 0 Å². The summed E-state index contributed by atoms with van der Waals surface area (Å²) in [6, 6.07) is 0. The zero-order chi connectivity index (χ0) is 6.69. The molecule has 0 aromatic rings. The Labute approximate surface area is 54.3 Å². The minimum Gasteiger partial charge on any atom is -0.394 e. The third kappa shape index (κ3) is 1.93. The average Bonchev–Trinajstić information content (AvgIpc) is 1.88. The summed E-state index contributed by atoms with van der Waals surface area (Å²) in [5, 5.41) is 17.5. The third-order valence-corrected chi connectivity index (χ3v) is 1.53. The van der Waals surface area contributed by atoms with Crippen LogP contribution in [0.2, 0.25) is 0 Å². The second-order valence-electron chi connectivity index (χ2n) is 2.33. The maximum atomic E-state index is 8.88. The first-order valence-corrected chi connectivity index (χ1v) is 3.27. The Balaban J connectivity index is 2.23. The van der Waals surface area contributed by atoms with Gasteiger partial charge in [-0.2, -0.15) is 0 Å². The Kier molecular flexibility index (Phi) is 2.45. The van der Waals surface area contributed by atoms with Gasteiger partial charge >= 0.3 is 0 Å². The molecule has 3 heteroatoms. The van der Waals surface area contributed by atoms with E-state index in [1.54, 1.807) is 0 Å². The van der Waals surface area contributed by atoms with Crippen LogP contribution < -0.4 is 0 Å². The van der Waals surface area contributed by atoms with Crippen molar-refractivity contribution in [1.82, 2.24) is 0 Å². The highest BCUT2D eigenvalue weighted by molar-refractivity contribution is 4.63. The maximum absolute atomic E-state index is 8.88. The lowest BCUT2D eigenvalue weighted by atomic mass is 10.1. The molecular weight excluding hydrogens is 120 g/mol. The summed E-state index contributed by atoms with van der Waals surface area (Å²) < 4.78 is 4.94. The third-order valence-electron chi connectivity index (χ3n) is 1.53. The number of ether oxygens (including phenoxy) is 1. The van der Waals surface area contributed by atoms with Gasteiger partial charge in [-0.25, -0.2) is 0 Å². The van der Waals surface area contributed by atoms with Gasteiger partial charge in [0.05, 0.1) is 12.7 Å². The van der Waals surface area contributed by atoms with Crippen LogP contribution in [0.4, 0.5) is 0 Å². The molecule has 0 bridgehead atoms. The Morgan fingerprint density at radius 2 is 2.22 bits per heavy atom. The van der Waals surface area contributed by atoms with Gasteiger partial charge in [-0.1, -0.05) is 0 Å². The van der Waals surface area contributed by atoms with Crippen molar-refractivity contribution in [1.29, 1.82) is 0 Å². The molecule has 54 valence electrons. The summed E-state index contributed by atoms with van der Waals surface area (Å²) in [7, 11) is 0. The summed E-state index contributed by atoms with van der Waals surface area (Å²) in [5.41, 5.74) is 0. The molecule has 0 radical (unpaired) electrons. The smallest absolute Gasteiger partial charge is 0.155 e. The number of aliphatic hydroxyl groups excluding tert-OH is 2. The van der Waals surface area contributed by atoms with Crippen molar-refractivity contribution in [3.63, 3.8) is 0 Å². The number of rotatable bonds is 1. The predicted octanol–water partition coefficient (Wildman–Crippen LogP) is -0.134. The first-order chi connectivity index (χ1) is 4.33. The second-order valence-corrected chi connectivity index (χ2v) is 2.33. The van der Waals surface area contributed by atoms with E-state index >= 15 is 0 Å². The van der Waals surface area contributed by atoms with E-state index in [1.165, 1.54) is 0 Å². The van der Waals surface area contributed by atoms with Crippen molar-refractivity contribution in [2.24, 2.45) is 0 Å². The van der Waals surface area contributed by atoms with E-state index in [4.69, 9.17) is 14.9 Å². The van der Waals surface area contributed by atoms with Gasteiger partial charge in [-0.3, -0.25) is 0 Å². The molecule has 1 fully saturated rings. The Bertz CT molecular complexity index is 84.4. The molecule has 2 atom stereocenters. The van der Waals surface area contributed by atoms with Gasteiger partial charge in [0.1, 0.15) is 0 Å². The average molecular weight is 132 g/mol. The molecule has 0 saturated carbocycles. The molecule has 1 aliphatic heterocycles. The van der Waals surface area contributed by atoms with Crippen LogP contribution in [-0.4, -0.2) is 29.2 Å². The molecule has 0 spiro atoms. The van der Waals surface area contributed by atoms with Crippen LogP contribution in [0, 0.1) is 0 Å². The number of hydrogen-bond donors (Lipinski definition) is 2. The van der Waals surface area contributed by atoms with E-state index in [0.717, 1.165) is 12.8 Å². The van der Waals surface area contributed by atoms with Gasteiger partial charge in [0.2, 0.25) is 0 Å². The lowest BCUT2D eigenvalue weighted by molar-refractivity contribution is -0.172. The van der Waals surface area contributed by atoms with Crippen molar-refractivity contribution in [3.05, 3.63) is 0 Å². The molecule has 2 N–H and O–H groups in total.